The minimum absolute atomic E-state index is 0.178. The van der Waals surface area contributed by atoms with Crippen LogP contribution in [-0.2, 0) is 11.4 Å². The summed E-state index contributed by atoms with van der Waals surface area (Å²) in [5, 5.41) is 4.67. The molecule has 0 saturated carbocycles. The molecule has 168 valence electrons. The molecule has 4 nitrogen and oxygen atoms in total. The van der Waals surface area contributed by atoms with E-state index in [0.717, 1.165) is 35.3 Å². The number of nitrogens with one attached hydrogen (secondary N) is 1. The van der Waals surface area contributed by atoms with E-state index in [-0.39, 0.29) is 5.91 Å². The highest BCUT2D eigenvalue weighted by molar-refractivity contribution is 14.1. The summed E-state index contributed by atoms with van der Waals surface area (Å²) in [6.07, 6.45) is 1.86. The Labute approximate surface area is 233 Å². The van der Waals surface area contributed by atoms with E-state index < -0.39 is 0 Å². The predicted octanol–water partition coefficient (Wildman–Crippen LogP) is 7.98. The van der Waals surface area contributed by atoms with Crippen LogP contribution in [0.15, 0.2) is 64.5 Å². The molecule has 3 aromatic rings. The van der Waals surface area contributed by atoms with Crippen molar-refractivity contribution in [1.82, 2.24) is 5.32 Å². The first-order valence-corrected chi connectivity index (χ1v) is 13.4. The molecule has 3 aromatic carbocycles. The molecule has 0 aromatic heterocycles. The standard InChI is InChI=1S/C24H16Cl2I2N2O2S/c1-13-16(25)7-4-8-20(13)29-24-30-23(31)21(33-24)11-14-9-18(27)22(19(28)10-14)32-12-15-5-2-3-6-17(15)26/h2-11H,12H2,1H3,(H,29,30,31)/b21-11+. The Balaban J connectivity index is 1.53. The fraction of sp³-hybridized carbons (Fsp3) is 0.0833. The van der Waals surface area contributed by atoms with Gasteiger partial charge in [-0.05, 0) is 111 Å². The number of aliphatic imine (C=N–C) groups is 1. The zero-order chi connectivity index (χ0) is 23.5. The Hall–Kier alpha value is -1.27. The topological polar surface area (TPSA) is 50.7 Å². The fourth-order valence-corrected chi connectivity index (χ4v) is 6.35. The van der Waals surface area contributed by atoms with Gasteiger partial charge in [-0.15, -0.1) is 0 Å². The lowest BCUT2D eigenvalue weighted by Gasteiger charge is -2.12. The number of benzene rings is 3. The number of carbonyl (C=O) groups is 1. The summed E-state index contributed by atoms with van der Waals surface area (Å²) in [4.78, 5) is 17.6. The lowest BCUT2D eigenvalue weighted by molar-refractivity contribution is -0.115. The summed E-state index contributed by atoms with van der Waals surface area (Å²) in [7, 11) is 0. The highest BCUT2D eigenvalue weighted by atomic mass is 127. The molecule has 0 radical (unpaired) electrons. The number of halogens is 4. The number of hydrogen-bond acceptors (Lipinski definition) is 4. The van der Waals surface area contributed by atoms with Crippen molar-refractivity contribution < 1.29 is 9.53 Å². The van der Waals surface area contributed by atoms with Crippen LogP contribution in [-0.4, -0.2) is 11.1 Å². The Morgan fingerprint density at radius 1 is 1.06 bits per heavy atom. The first-order chi connectivity index (χ1) is 15.8. The fourth-order valence-electron chi connectivity index (χ4n) is 3.02. The summed E-state index contributed by atoms with van der Waals surface area (Å²) in [6.45, 7) is 2.28. The van der Waals surface area contributed by atoms with E-state index in [1.807, 2.05) is 67.6 Å². The average molecular weight is 721 g/mol. The van der Waals surface area contributed by atoms with E-state index >= 15 is 0 Å². The molecule has 1 saturated heterocycles. The van der Waals surface area contributed by atoms with Gasteiger partial charge in [0.05, 0.1) is 17.7 Å². The molecule has 1 aliphatic heterocycles. The van der Waals surface area contributed by atoms with Crippen LogP contribution in [0.5, 0.6) is 5.75 Å². The smallest absolute Gasteiger partial charge is 0.264 e. The third-order valence-electron chi connectivity index (χ3n) is 4.76. The van der Waals surface area contributed by atoms with Gasteiger partial charge in [0.1, 0.15) is 12.4 Å². The van der Waals surface area contributed by atoms with Gasteiger partial charge in [-0.2, -0.15) is 0 Å². The van der Waals surface area contributed by atoms with Crippen molar-refractivity contribution >= 4 is 103 Å². The largest absolute Gasteiger partial charge is 0.487 e. The molecule has 0 spiro atoms. The summed E-state index contributed by atoms with van der Waals surface area (Å²) in [5.74, 6) is 0.614. The quantitative estimate of drug-likeness (QED) is 0.215. The molecule has 1 fully saturated rings. The van der Waals surface area contributed by atoms with Gasteiger partial charge in [0.15, 0.2) is 5.17 Å². The Kier molecular flexibility index (Phi) is 8.27. The highest BCUT2D eigenvalue weighted by Crippen LogP contribution is 2.34. The lowest BCUT2D eigenvalue weighted by atomic mass is 10.2. The molecule has 1 amide bonds. The molecule has 9 heteroatoms. The van der Waals surface area contributed by atoms with E-state index in [2.05, 4.69) is 55.5 Å². The number of amides is 1. The molecule has 33 heavy (non-hydrogen) atoms. The van der Waals surface area contributed by atoms with E-state index in [1.54, 1.807) is 0 Å². The second-order valence-electron chi connectivity index (χ2n) is 7.06. The molecule has 0 unspecified atom stereocenters. The van der Waals surface area contributed by atoms with Crippen LogP contribution in [0.2, 0.25) is 10.0 Å². The molecule has 1 aliphatic rings. The summed E-state index contributed by atoms with van der Waals surface area (Å²) >= 11 is 18.2. The first-order valence-electron chi connectivity index (χ1n) is 9.72. The monoisotopic (exact) mass is 720 g/mol. The predicted molar refractivity (Wildman–Crippen MR) is 155 cm³/mol. The van der Waals surface area contributed by atoms with Gasteiger partial charge in [-0.25, -0.2) is 4.99 Å². The number of ether oxygens (including phenoxy) is 1. The van der Waals surface area contributed by atoms with Crippen molar-refractivity contribution in [2.75, 3.05) is 0 Å². The third-order valence-corrected chi connectivity index (χ3v) is 8.05. The van der Waals surface area contributed by atoms with Crippen molar-refractivity contribution in [3.63, 3.8) is 0 Å². The zero-order valence-corrected chi connectivity index (χ0v) is 23.8. The van der Waals surface area contributed by atoms with Crippen molar-refractivity contribution in [3.05, 3.63) is 93.4 Å². The molecule has 4 rings (SSSR count). The van der Waals surface area contributed by atoms with E-state index in [0.29, 0.717) is 26.7 Å². The van der Waals surface area contributed by atoms with Gasteiger partial charge in [0.2, 0.25) is 0 Å². The normalized spacial score (nSPS) is 15.8. The Bertz CT molecular complexity index is 1290. The second-order valence-corrected chi connectivity index (χ2v) is 11.2. The maximum Gasteiger partial charge on any atom is 0.264 e. The molecular formula is C24H16Cl2I2N2O2S. The number of amidine groups is 1. The van der Waals surface area contributed by atoms with Crippen molar-refractivity contribution in [3.8, 4) is 5.75 Å². The number of hydrogen-bond donors (Lipinski definition) is 1. The maximum absolute atomic E-state index is 12.5. The van der Waals surface area contributed by atoms with Crippen molar-refractivity contribution in [2.24, 2.45) is 4.99 Å². The van der Waals surface area contributed by atoms with Crippen LogP contribution in [0.25, 0.3) is 6.08 Å². The van der Waals surface area contributed by atoms with Crippen LogP contribution < -0.4 is 10.1 Å². The second kappa shape index (κ2) is 11.0. The van der Waals surface area contributed by atoms with E-state index in [1.165, 1.54) is 11.8 Å². The van der Waals surface area contributed by atoms with Gasteiger partial charge in [0.25, 0.3) is 5.91 Å². The van der Waals surface area contributed by atoms with Gasteiger partial charge in [-0.3, -0.25) is 4.79 Å². The van der Waals surface area contributed by atoms with Crippen LogP contribution in [0.3, 0.4) is 0 Å². The Morgan fingerprint density at radius 2 is 1.76 bits per heavy atom. The molecule has 1 heterocycles. The minimum Gasteiger partial charge on any atom is -0.487 e. The zero-order valence-electron chi connectivity index (χ0n) is 17.2. The third kappa shape index (κ3) is 6.05. The van der Waals surface area contributed by atoms with Crippen LogP contribution in [0.1, 0.15) is 16.7 Å². The van der Waals surface area contributed by atoms with E-state index in [9.17, 15) is 4.79 Å². The highest BCUT2D eigenvalue weighted by Gasteiger charge is 2.24. The maximum atomic E-state index is 12.5. The van der Waals surface area contributed by atoms with Crippen LogP contribution in [0.4, 0.5) is 5.69 Å². The van der Waals surface area contributed by atoms with Crippen molar-refractivity contribution in [1.29, 1.82) is 0 Å². The first kappa shape index (κ1) is 24.8. The van der Waals surface area contributed by atoms with Gasteiger partial charge < -0.3 is 10.1 Å². The molecule has 0 bridgehead atoms. The number of carbonyl (C=O) groups excluding carboxylic acids is 1. The van der Waals surface area contributed by atoms with Gasteiger partial charge >= 0.3 is 0 Å². The molecule has 1 N–H and O–H groups in total. The molecule has 0 aliphatic carbocycles. The van der Waals surface area contributed by atoms with Crippen LogP contribution >= 0.6 is 80.1 Å². The SMILES string of the molecule is Cc1c(Cl)cccc1N=C1NC(=O)/C(=C\c2cc(I)c(OCc3ccccc3Cl)c(I)c2)S1. The van der Waals surface area contributed by atoms with Crippen LogP contribution in [0, 0.1) is 14.1 Å². The summed E-state index contributed by atoms with van der Waals surface area (Å²) in [5.41, 5.74) is 3.44. The summed E-state index contributed by atoms with van der Waals surface area (Å²) in [6, 6.07) is 17.1. The number of rotatable bonds is 5. The molecule has 0 atom stereocenters. The number of thioether (sulfide) groups is 1. The average Bonchev–Trinajstić information content (AvgIpc) is 3.10. The van der Waals surface area contributed by atoms with E-state index in [4.69, 9.17) is 27.9 Å². The summed E-state index contributed by atoms with van der Waals surface area (Å²) < 4.78 is 7.95. The molecular weight excluding hydrogens is 705 g/mol. The van der Waals surface area contributed by atoms with Gasteiger partial charge in [0, 0.05) is 15.6 Å². The minimum atomic E-state index is -0.178. The Morgan fingerprint density at radius 3 is 2.48 bits per heavy atom. The number of nitrogens with zero attached hydrogens (tertiary/aromatic N) is 1. The van der Waals surface area contributed by atoms with Crippen molar-refractivity contribution in [2.45, 2.75) is 13.5 Å². The lowest BCUT2D eigenvalue weighted by Crippen LogP contribution is -2.19. The van der Waals surface area contributed by atoms with Gasteiger partial charge in [-0.1, -0.05) is 47.5 Å².